The fraction of sp³-hybridized carbons (Fsp3) is 0.795. The van der Waals surface area contributed by atoms with E-state index in [0.29, 0.717) is 109 Å². The molecule has 7 unspecified atom stereocenters. The summed E-state index contributed by atoms with van der Waals surface area (Å²) < 4.78 is 93.4. The lowest BCUT2D eigenvalue weighted by Gasteiger charge is -2.44. The number of ether oxygens (including phenoxy) is 16. The molecule has 3 rings (SSSR count). The minimum absolute atomic E-state index is 0.0878. The molecule has 3 fully saturated rings. The van der Waals surface area contributed by atoms with Crippen molar-refractivity contribution >= 4 is 135 Å². The first-order chi connectivity index (χ1) is 62.7. The van der Waals surface area contributed by atoms with Gasteiger partial charge in [-0.2, -0.15) is 0 Å². The summed E-state index contributed by atoms with van der Waals surface area (Å²) in [6.45, 7) is 16.5. The highest BCUT2D eigenvalue weighted by atomic mass is 32.9. The molecule has 0 bridgehead atoms. The number of esters is 10. The maximum atomic E-state index is 14.4. The predicted octanol–water partition coefficient (Wildman–Crippen LogP) is 6.15. The monoisotopic (exact) mass is 1940 g/mol. The fourth-order valence-electron chi connectivity index (χ4n) is 15.1. The van der Waals surface area contributed by atoms with Crippen molar-refractivity contribution < 1.29 is 162 Å². The van der Waals surface area contributed by atoms with Gasteiger partial charge in [-0.15, -0.1) is 0 Å². The number of rotatable bonds is 66. The van der Waals surface area contributed by atoms with Crippen LogP contribution in [0.2, 0.25) is 0 Å². The molecule has 16 atom stereocenters. The molecule has 41 nitrogen and oxygen atoms in total. The normalized spacial score (nSPS) is 21.7. The van der Waals surface area contributed by atoms with Crippen LogP contribution >= 0.6 is 8.02 Å². The SMILES string of the molecule is CCC(OC(=O)CCC(=O)N[S-](=P)=S)C(=O)N(CCCCN(CCCCC(=O)CCCCCCCCO[C@@H]1OC(COC(C)=O)[C@H](OC(C)=O)[C@H](OC(C)=O)C1NC(C)=O)C(=O)CCCCCCCCO[C@@H]1OC(COC(C)=O)[C@H](OC(C)=O)[C@H](OC(C)=O)C1NC(C)=O)CCCNC(=O)CCCCCCCCO[C@@H]1OC(COC(C)=O)[C@H](OC(C)=O)[C@H](OC(C)=O)C1NC(C)=O. The van der Waals surface area contributed by atoms with E-state index in [2.05, 4.69) is 34.0 Å². The molecular formula is C88H143N7O34PS2-. The van der Waals surface area contributed by atoms with Crippen LogP contribution in [0.4, 0.5) is 0 Å². The molecule has 3 saturated heterocycles. The molecule has 7 amide bonds. The van der Waals surface area contributed by atoms with E-state index in [1.807, 2.05) is 0 Å². The van der Waals surface area contributed by atoms with Crippen LogP contribution in [0.5, 0.6) is 0 Å². The van der Waals surface area contributed by atoms with Gasteiger partial charge in [-0.3, -0.25) is 103 Å². The second-order valence-electron chi connectivity index (χ2n) is 32.7. The Morgan fingerprint density at radius 2 is 0.667 bits per heavy atom. The average molecular weight is 1940 g/mol. The maximum absolute atomic E-state index is 14.4. The van der Waals surface area contributed by atoms with Gasteiger partial charge in [0.1, 0.15) is 62.0 Å². The molecule has 5 N–H and O–H groups in total. The van der Waals surface area contributed by atoms with Crippen LogP contribution in [-0.2, 0) is 182 Å². The maximum Gasteiger partial charge on any atom is 0.307 e. The van der Waals surface area contributed by atoms with Crippen LogP contribution in [0.25, 0.3) is 0 Å². The van der Waals surface area contributed by atoms with Gasteiger partial charge in [0.25, 0.3) is 5.91 Å². The van der Waals surface area contributed by atoms with Gasteiger partial charge in [-0.25, -0.2) is 11.2 Å². The lowest BCUT2D eigenvalue weighted by atomic mass is 9.96. The summed E-state index contributed by atoms with van der Waals surface area (Å²) in [5.74, 6) is -9.75. The van der Waals surface area contributed by atoms with Crippen LogP contribution in [0, 0.1) is 0 Å². The van der Waals surface area contributed by atoms with E-state index in [-0.39, 0.29) is 109 Å². The first-order valence-corrected chi connectivity index (χ1v) is 49.1. The number of carbonyl (C=O) groups excluding carboxylic acids is 18. The van der Waals surface area contributed by atoms with Gasteiger partial charge in [0.2, 0.25) is 35.4 Å². The summed E-state index contributed by atoms with van der Waals surface area (Å²) in [6, 6.07) is -3.30. The quantitative estimate of drug-likeness (QED) is 0.0150. The Bertz CT molecular complexity index is 3760. The summed E-state index contributed by atoms with van der Waals surface area (Å²) >= 11 is 4.99. The lowest BCUT2D eigenvalue weighted by molar-refractivity contribution is -0.277. The van der Waals surface area contributed by atoms with Gasteiger partial charge in [-0.1, -0.05) is 84.0 Å². The third-order valence-electron chi connectivity index (χ3n) is 21.0. The zero-order chi connectivity index (χ0) is 98.2. The van der Waals surface area contributed by atoms with Crippen molar-refractivity contribution in [2.75, 3.05) is 72.4 Å². The van der Waals surface area contributed by atoms with Crippen molar-refractivity contribution in [1.29, 1.82) is 0 Å². The van der Waals surface area contributed by atoms with E-state index in [1.165, 1.54) is 41.5 Å². The molecule has 0 radical (unpaired) electrons. The van der Waals surface area contributed by atoms with E-state index in [0.717, 1.165) is 106 Å². The molecule has 0 aromatic rings. The smallest absolute Gasteiger partial charge is 0.307 e. The zero-order valence-electron chi connectivity index (χ0n) is 78.8. The number of carbonyl (C=O) groups is 18. The highest BCUT2D eigenvalue weighted by Gasteiger charge is 2.54. The molecule has 0 saturated carbocycles. The molecule has 0 aromatic carbocycles. The Morgan fingerprint density at radius 1 is 0.356 bits per heavy atom. The van der Waals surface area contributed by atoms with Crippen molar-refractivity contribution in [2.24, 2.45) is 0 Å². The van der Waals surface area contributed by atoms with Gasteiger partial charge in [0, 0.05) is 168 Å². The second kappa shape index (κ2) is 66.7. The minimum Gasteiger partial charge on any atom is -0.463 e. The molecule has 0 aromatic heterocycles. The van der Waals surface area contributed by atoms with Gasteiger partial charge >= 0.3 is 59.7 Å². The summed E-state index contributed by atoms with van der Waals surface area (Å²) in [5.41, 5.74) is 0. The summed E-state index contributed by atoms with van der Waals surface area (Å²) in [4.78, 5) is 230. The molecule has 0 spiro atoms. The number of amides is 7. The van der Waals surface area contributed by atoms with Crippen LogP contribution < -0.4 is 26.0 Å². The number of Topliss-reactive ketones (excluding diaryl/α,β-unsaturated/α-hetero) is 1. The van der Waals surface area contributed by atoms with E-state index >= 15 is 0 Å². The van der Waals surface area contributed by atoms with Crippen molar-refractivity contribution in [1.82, 2.24) is 35.8 Å². The van der Waals surface area contributed by atoms with Crippen molar-refractivity contribution in [3.05, 3.63) is 0 Å². The lowest BCUT2D eigenvalue weighted by Crippen LogP contribution is -2.66. The molecule has 3 aliphatic heterocycles. The Kier molecular flexibility index (Phi) is 59.3. The minimum atomic E-state index is -1.27. The molecule has 0 aliphatic carbocycles. The van der Waals surface area contributed by atoms with Gasteiger partial charge < -0.3 is 112 Å². The highest BCUT2D eigenvalue weighted by molar-refractivity contribution is 8.38. The van der Waals surface area contributed by atoms with Gasteiger partial charge in [0.05, 0.1) is 6.42 Å². The van der Waals surface area contributed by atoms with E-state index < -0.39 is 196 Å². The number of hydrogen-bond acceptors (Lipinski definition) is 36. The van der Waals surface area contributed by atoms with Crippen molar-refractivity contribution in [2.45, 2.75) is 381 Å². The first kappa shape index (κ1) is 117. The number of hydrogen-bond donors (Lipinski definition) is 5. The van der Waals surface area contributed by atoms with Crippen LogP contribution in [-0.4, -0.2) is 287 Å². The highest BCUT2D eigenvalue weighted by Crippen LogP contribution is 2.33. The van der Waals surface area contributed by atoms with Crippen LogP contribution in [0.3, 0.4) is 0 Å². The fourth-order valence-corrected chi connectivity index (χ4v) is 16.0. The van der Waals surface area contributed by atoms with Crippen molar-refractivity contribution in [3.8, 4) is 0 Å². The third kappa shape index (κ3) is 50.6. The Balaban J connectivity index is 1.68. The standard InChI is InChI=1S/C88H143N7O34PS2/c1-14-68(126-75(112)43-42-73(110)93-132(130)131)85(113)95(48-37-44-89-72(109)40-28-22-16-19-25-35-50-115-87-77(91-56(3)97)83(124-65(12)106)80(121-62(9)103)70(128-87)53-118-59(6)100)47-33-32-46-94(74(111)41-29-23-17-20-26-36-51-116-88-78(92-57(4)98)84(125-66(13)107)81(122-63(10)104)71(129-88)54-119-60(7)101)45-31-30-39-67(108)38-27-21-15-18-24-34-49-114-86-76(90-55(2)96)82(123-64(11)105)79(120-61(8)102)69(127-86)52-117-58(5)99/h68-71,76-84,86-88,130H,14-54H2,1-13H3,(H,89,109)(H,90,96)(H,91,97)(H,92,98)(H,93,110,131)/q-1/t68?,69?,70?,71?,76?,77?,78?,79-,80-,81-,82+,83+,84+,86+,87+,88+/m0/s1. The summed E-state index contributed by atoms with van der Waals surface area (Å²) in [7, 11) is 2.12. The van der Waals surface area contributed by atoms with Crippen molar-refractivity contribution in [3.63, 3.8) is 0 Å². The molecule has 44 heteroatoms. The Hall–Kier alpha value is -8.71. The van der Waals surface area contributed by atoms with E-state index in [9.17, 15) is 86.3 Å². The number of nitrogens with zero attached hydrogens (tertiary/aromatic N) is 2. The average Bonchev–Trinajstić information content (AvgIpc) is 0.795. The van der Waals surface area contributed by atoms with Crippen LogP contribution in [0.1, 0.15) is 283 Å². The van der Waals surface area contributed by atoms with Gasteiger partial charge in [-0.05, 0) is 77.0 Å². The number of ketones is 1. The summed E-state index contributed by atoms with van der Waals surface area (Å²) in [6.07, 6.45) is -0.0601. The third-order valence-corrected chi connectivity index (χ3v) is 22.0. The Labute approximate surface area is 782 Å². The number of unbranched alkanes of at least 4 members (excludes halogenated alkanes) is 17. The largest absolute Gasteiger partial charge is 0.463 e. The molecule has 3 heterocycles. The predicted molar refractivity (Wildman–Crippen MR) is 476 cm³/mol. The van der Waals surface area contributed by atoms with Crippen LogP contribution in [0.15, 0.2) is 0 Å². The van der Waals surface area contributed by atoms with Gasteiger partial charge in [0.15, 0.2) is 61.6 Å². The topological polar surface area (TPSA) is 522 Å². The Morgan fingerprint density at radius 3 is 1.01 bits per heavy atom. The molecule has 132 heavy (non-hydrogen) atoms. The van der Waals surface area contributed by atoms with E-state index in [1.54, 1.807) is 16.7 Å². The molecule has 752 valence electrons. The second-order valence-corrected chi connectivity index (χ2v) is 36.5. The molecule has 3 aliphatic rings. The first-order valence-electron chi connectivity index (χ1n) is 45.7. The van der Waals surface area contributed by atoms with E-state index in [4.69, 9.17) is 87.0 Å². The molecular weight excluding hydrogens is 1790 g/mol. The summed E-state index contributed by atoms with van der Waals surface area (Å²) in [5, 5.41) is 11.0. The zero-order valence-corrected chi connectivity index (χ0v) is 81.5. The number of nitrogens with one attached hydrogen (secondary N) is 5.